The van der Waals surface area contributed by atoms with Gasteiger partial charge in [0.2, 0.25) is 0 Å². The summed E-state index contributed by atoms with van der Waals surface area (Å²) in [6.07, 6.45) is 0. The highest BCUT2D eigenvalue weighted by molar-refractivity contribution is 6.20. The second-order valence-corrected chi connectivity index (χ2v) is 20.4. The van der Waals surface area contributed by atoms with Gasteiger partial charge in [0, 0.05) is 50.8 Å². The number of hydrogen-bond donors (Lipinski definition) is 0. The molecule has 0 unspecified atom stereocenters. The Bertz CT molecular complexity index is 4270. The molecule has 15 rings (SSSR count). The normalized spacial score (nSPS) is 12.7. The molecule has 0 radical (unpaired) electrons. The van der Waals surface area contributed by atoms with Crippen molar-refractivity contribution in [3.63, 3.8) is 0 Å². The molecule has 13 aromatic carbocycles. The first-order valence-corrected chi connectivity index (χ1v) is 26.9. The van der Waals surface area contributed by atoms with Gasteiger partial charge < -0.3 is 14.7 Å². The van der Waals surface area contributed by atoms with E-state index in [-0.39, 0.29) is 0 Å². The highest BCUT2D eigenvalue weighted by Gasteiger charge is 2.46. The highest BCUT2D eigenvalue weighted by Crippen LogP contribution is 2.58. The van der Waals surface area contributed by atoms with Crippen molar-refractivity contribution >= 4 is 72.7 Å². The van der Waals surface area contributed by atoms with Crippen molar-refractivity contribution in [3.05, 3.63) is 332 Å². The predicted octanol–water partition coefficient (Wildman–Crippen LogP) is 20.4. The predicted molar refractivity (Wildman–Crippen MR) is 327 cm³/mol. The largest absolute Gasteiger partial charge is 0.311 e. The number of rotatable bonds is 10. The zero-order valence-electron chi connectivity index (χ0n) is 42.8. The second-order valence-electron chi connectivity index (χ2n) is 20.4. The molecule has 0 saturated heterocycles. The summed E-state index contributed by atoms with van der Waals surface area (Å²) < 4.78 is 0. The first kappa shape index (κ1) is 45.2. The van der Waals surface area contributed by atoms with Gasteiger partial charge in [0.15, 0.2) is 0 Å². The van der Waals surface area contributed by atoms with E-state index >= 15 is 0 Å². The molecule has 0 spiro atoms. The van der Waals surface area contributed by atoms with Gasteiger partial charge in [0.05, 0.1) is 16.8 Å². The average molecular weight is 994 g/mol. The summed E-state index contributed by atoms with van der Waals surface area (Å²) >= 11 is 0. The third-order valence-corrected chi connectivity index (χ3v) is 16.2. The molecule has 1 aliphatic carbocycles. The SMILES string of the molecule is c1ccc(N(c2ccccc2)c2ccc(N3c4ccc5ccccc5c4-c4cc(-c5ccc(N(c6ccccc6)c6ccc7c(c6)C(c6ccccc6)(c6ccccc6)c6ccccc6-7)cc5)cc5cccc3c45)cc2)cc1. The number of hydrogen-bond acceptors (Lipinski definition) is 3. The van der Waals surface area contributed by atoms with E-state index < -0.39 is 5.41 Å². The maximum Gasteiger partial charge on any atom is 0.0714 e. The van der Waals surface area contributed by atoms with E-state index in [2.05, 4.69) is 324 Å². The summed E-state index contributed by atoms with van der Waals surface area (Å²) in [4.78, 5) is 7.19. The van der Waals surface area contributed by atoms with E-state index in [0.29, 0.717) is 0 Å². The first-order valence-electron chi connectivity index (χ1n) is 26.9. The lowest BCUT2D eigenvalue weighted by Gasteiger charge is -2.35. The van der Waals surface area contributed by atoms with E-state index in [1.54, 1.807) is 0 Å². The van der Waals surface area contributed by atoms with Crippen LogP contribution < -0.4 is 14.7 Å². The van der Waals surface area contributed by atoms with E-state index in [1.807, 2.05) is 0 Å². The lowest BCUT2D eigenvalue weighted by molar-refractivity contribution is 0.768. The monoisotopic (exact) mass is 993 g/mol. The summed E-state index contributed by atoms with van der Waals surface area (Å²) in [7, 11) is 0. The first-order chi connectivity index (χ1) is 38.7. The van der Waals surface area contributed by atoms with Crippen molar-refractivity contribution in [2.24, 2.45) is 0 Å². The molecule has 0 atom stereocenters. The quantitative estimate of drug-likeness (QED) is 0.135. The minimum Gasteiger partial charge on any atom is -0.311 e. The third kappa shape index (κ3) is 7.20. The Morgan fingerprint density at radius 2 is 0.782 bits per heavy atom. The minimum absolute atomic E-state index is 0.508. The Balaban J connectivity index is 0.847. The number of fused-ring (bicyclic) bond motifs is 7. The van der Waals surface area contributed by atoms with Gasteiger partial charge in [-0.3, -0.25) is 0 Å². The number of nitrogens with zero attached hydrogens (tertiary/aromatic N) is 3. The molecule has 366 valence electrons. The van der Waals surface area contributed by atoms with Gasteiger partial charge in [0.25, 0.3) is 0 Å². The van der Waals surface area contributed by atoms with Crippen LogP contribution in [0.1, 0.15) is 22.3 Å². The molecule has 0 fully saturated rings. The number of anilines is 9. The Labute approximate surface area is 455 Å². The molecule has 0 saturated carbocycles. The summed E-state index contributed by atoms with van der Waals surface area (Å²) in [5.41, 5.74) is 22.0. The van der Waals surface area contributed by atoms with E-state index in [0.717, 1.165) is 51.1 Å². The molecule has 78 heavy (non-hydrogen) atoms. The van der Waals surface area contributed by atoms with E-state index in [4.69, 9.17) is 0 Å². The van der Waals surface area contributed by atoms with Crippen LogP contribution in [0.2, 0.25) is 0 Å². The van der Waals surface area contributed by atoms with Gasteiger partial charge in [-0.1, -0.05) is 200 Å². The Kier molecular flexibility index (Phi) is 10.8. The van der Waals surface area contributed by atoms with Gasteiger partial charge in [0.1, 0.15) is 0 Å². The fourth-order valence-electron chi connectivity index (χ4n) is 12.8. The van der Waals surface area contributed by atoms with Crippen molar-refractivity contribution in [3.8, 4) is 33.4 Å². The maximum absolute atomic E-state index is 2.46. The van der Waals surface area contributed by atoms with Crippen LogP contribution >= 0.6 is 0 Å². The second kappa shape index (κ2) is 18.6. The van der Waals surface area contributed by atoms with Crippen LogP contribution in [0.25, 0.3) is 54.9 Å². The van der Waals surface area contributed by atoms with Gasteiger partial charge in [-0.25, -0.2) is 0 Å². The summed E-state index contributed by atoms with van der Waals surface area (Å²) in [6.45, 7) is 0. The molecule has 0 amide bonds. The van der Waals surface area contributed by atoms with E-state index in [9.17, 15) is 0 Å². The van der Waals surface area contributed by atoms with E-state index in [1.165, 1.54) is 77.3 Å². The summed E-state index contributed by atoms with van der Waals surface area (Å²) in [5, 5.41) is 4.90. The van der Waals surface area contributed by atoms with Crippen molar-refractivity contribution in [1.29, 1.82) is 0 Å². The highest BCUT2D eigenvalue weighted by atomic mass is 15.2. The van der Waals surface area contributed by atoms with Gasteiger partial charge in [-0.15, -0.1) is 0 Å². The molecule has 3 heteroatoms. The lowest BCUT2D eigenvalue weighted by Crippen LogP contribution is -2.28. The molecule has 13 aromatic rings. The molecule has 1 heterocycles. The standard InChI is InChI=1S/C75H51N3/c1-6-23-56(24-7-1)75(57-25-8-2-9-26-57)69-35-19-18-34-66(69)67-47-46-64(51-70(67)75)77(60-31-14-5-15-32-60)61-40-37-52(38-41-61)55-49-54-22-20-36-71-73(54)68(50-55)74-65-33-17-16-21-53(65)39-48-72(74)78(71)63-44-42-62(43-45-63)76(58-27-10-3-11-28-58)59-29-12-4-13-30-59/h1-51H. The van der Waals surface area contributed by atoms with Crippen molar-refractivity contribution < 1.29 is 0 Å². The molecular formula is C75H51N3. The number of para-hydroxylation sites is 3. The maximum atomic E-state index is 2.46. The topological polar surface area (TPSA) is 9.72 Å². The van der Waals surface area contributed by atoms with Gasteiger partial charge >= 0.3 is 0 Å². The zero-order chi connectivity index (χ0) is 51.6. The fraction of sp³-hybridized carbons (Fsp3) is 0.0133. The van der Waals surface area contributed by atoms with Crippen LogP contribution in [0.5, 0.6) is 0 Å². The van der Waals surface area contributed by atoms with Crippen molar-refractivity contribution in [2.45, 2.75) is 5.41 Å². The molecular weight excluding hydrogens is 943 g/mol. The van der Waals surface area contributed by atoms with Crippen LogP contribution in [-0.2, 0) is 5.41 Å². The molecule has 0 N–H and O–H groups in total. The van der Waals surface area contributed by atoms with Crippen LogP contribution in [0.15, 0.2) is 309 Å². The minimum atomic E-state index is -0.508. The Morgan fingerprint density at radius 1 is 0.282 bits per heavy atom. The van der Waals surface area contributed by atoms with Gasteiger partial charge in [-0.2, -0.15) is 0 Å². The Morgan fingerprint density at radius 3 is 1.42 bits per heavy atom. The lowest BCUT2D eigenvalue weighted by atomic mass is 9.67. The zero-order valence-corrected chi connectivity index (χ0v) is 42.8. The smallest absolute Gasteiger partial charge is 0.0714 e. The third-order valence-electron chi connectivity index (χ3n) is 16.2. The Hall–Kier alpha value is -10.2. The molecule has 0 aromatic heterocycles. The van der Waals surface area contributed by atoms with Crippen LogP contribution in [0.3, 0.4) is 0 Å². The van der Waals surface area contributed by atoms with Gasteiger partial charge in [-0.05, 0) is 175 Å². The van der Waals surface area contributed by atoms with Crippen molar-refractivity contribution in [1.82, 2.24) is 0 Å². The van der Waals surface area contributed by atoms with Crippen LogP contribution in [0, 0.1) is 0 Å². The molecule has 3 nitrogen and oxygen atoms in total. The fourth-order valence-corrected chi connectivity index (χ4v) is 12.8. The number of benzene rings is 13. The molecule has 0 bridgehead atoms. The molecule has 1 aliphatic heterocycles. The average Bonchev–Trinajstić information content (AvgIpc) is 3.99. The van der Waals surface area contributed by atoms with Crippen LogP contribution in [-0.4, -0.2) is 0 Å². The summed E-state index contributed by atoms with van der Waals surface area (Å²) in [6, 6.07) is 113. The van der Waals surface area contributed by atoms with Crippen LogP contribution in [0.4, 0.5) is 51.2 Å². The van der Waals surface area contributed by atoms with Crippen molar-refractivity contribution in [2.75, 3.05) is 14.7 Å². The summed E-state index contributed by atoms with van der Waals surface area (Å²) in [5.74, 6) is 0. The molecule has 2 aliphatic rings.